The Morgan fingerprint density at radius 3 is 2.24 bits per heavy atom. The van der Waals surface area contributed by atoms with Crippen molar-refractivity contribution < 1.29 is 4.79 Å². The summed E-state index contributed by atoms with van der Waals surface area (Å²) < 4.78 is 0. The molecule has 0 bridgehead atoms. The maximum Gasteiger partial charge on any atom is 0.315 e. The molecule has 0 heterocycles. The third kappa shape index (κ3) is 5.38. The molecule has 0 unspecified atom stereocenters. The van der Waals surface area contributed by atoms with E-state index >= 15 is 0 Å². The van der Waals surface area contributed by atoms with E-state index in [1.807, 2.05) is 6.92 Å². The number of hydrogen-bond donors (Lipinski definition) is 2. The van der Waals surface area contributed by atoms with Gasteiger partial charge in [0.2, 0.25) is 0 Å². The van der Waals surface area contributed by atoms with Gasteiger partial charge < -0.3 is 10.6 Å². The van der Waals surface area contributed by atoms with E-state index in [2.05, 4.69) is 41.8 Å². The van der Waals surface area contributed by atoms with Gasteiger partial charge >= 0.3 is 6.03 Å². The van der Waals surface area contributed by atoms with E-state index in [1.54, 1.807) is 0 Å². The average Bonchev–Trinajstić information content (AvgIpc) is 2.36. The summed E-state index contributed by atoms with van der Waals surface area (Å²) in [4.78, 5) is 11.3. The van der Waals surface area contributed by atoms with Crippen LogP contribution in [0.25, 0.3) is 0 Å². The summed E-state index contributed by atoms with van der Waals surface area (Å²) in [5.41, 5.74) is 2.49. The average molecular weight is 234 g/mol. The lowest BCUT2D eigenvalue weighted by atomic mass is 10.1. The van der Waals surface area contributed by atoms with Crippen LogP contribution in [0.4, 0.5) is 4.79 Å². The van der Waals surface area contributed by atoms with Gasteiger partial charge in [-0.2, -0.15) is 0 Å². The van der Waals surface area contributed by atoms with Crippen LogP contribution in [0.3, 0.4) is 0 Å². The van der Waals surface area contributed by atoms with Gasteiger partial charge in [-0.05, 0) is 24.0 Å². The van der Waals surface area contributed by atoms with Gasteiger partial charge in [0.25, 0.3) is 0 Å². The minimum Gasteiger partial charge on any atom is -0.338 e. The van der Waals surface area contributed by atoms with Crippen molar-refractivity contribution in [1.82, 2.24) is 10.6 Å². The smallest absolute Gasteiger partial charge is 0.315 e. The second kappa shape index (κ2) is 7.71. The molecule has 3 heteroatoms. The van der Waals surface area contributed by atoms with Gasteiger partial charge in [-0.3, -0.25) is 0 Å². The monoisotopic (exact) mass is 234 g/mol. The molecule has 0 aliphatic heterocycles. The maximum absolute atomic E-state index is 11.3. The lowest BCUT2D eigenvalue weighted by Gasteiger charge is -2.07. The highest BCUT2D eigenvalue weighted by Crippen LogP contribution is 2.06. The number of rotatable bonds is 6. The molecule has 0 saturated heterocycles. The Labute approximate surface area is 104 Å². The molecule has 0 aliphatic carbocycles. The van der Waals surface area contributed by atoms with E-state index in [-0.39, 0.29) is 6.03 Å². The summed E-state index contributed by atoms with van der Waals surface area (Å²) in [6.45, 7) is 5.52. The number of amides is 2. The number of carbonyl (C=O) groups is 1. The number of carbonyl (C=O) groups excluding carboxylic acids is 1. The fourth-order valence-electron chi connectivity index (χ4n) is 1.60. The predicted octanol–water partition coefficient (Wildman–Crippen LogP) is 2.85. The molecule has 17 heavy (non-hydrogen) atoms. The van der Waals surface area contributed by atoms with Gasteiger partial charge in [-0.1, -0.05) is 44.5 Å². The van der Waals surface area contributed by atoms with Gasteiger partial charge in [0.05, 0.1) is 0 Å². The fraction of sp³-hybridized carbons (Fsp3) is 0.500. The van der Waals surface area contributed by atoms with Gasteiger partial charge in [0.1, 0.15) is 0 Å². The van der Waals surface area contributed by atoms with E-state index in [1.165, 1.54) is 5.56 Å². The first kappa shape index (κ1) is 13.6. The van der Waals surface area contributed by atoms with E-state index in [4.69, 9.17) is 0 Å². The Bertz CT molecular complexity index is 333. The lowest BCUT2D eigenvalue weighted by molar-refractivity contribution is 0.240. The number of benzene rings is 1. The molecule has 94 valence electrons. The van der Waals surface area contributed by atoms with Gasteiger partial charge in [0.15, 0.2) is 0 Å². The molecular weight excluding hydrogens is 212 g/mol. The van der Waals surface area contributed by atoms with E-state index in [0.29, 0.717) is 6.54 Å². The maximum atomic E-state index is 11.3. The van der Waals surface area contributed by atoms with E-state index in [0.717, 1.165) is 31.4 Å². The molecular formula is C14H22N2O. The fourth-order valence-corrected chi connectivity index (χ4v) is 1.60. The van der Waals surface area contributed by atoms with Crippen LogP contribution in [-0.4, -0.2) is 12.6 Å². The van der Waals surface area contributed by atoms with Crippen molar-refractivity contribution in [1.29, 1.82) is 0 Å². The van der Waals surface area contributed by atoms with Crippen LogP contribution in [-0.2, 0) is 13.0 Å². The highest BCUT2D eigenvalue weighted by Gasteiger charge is 1.99. The van der Waals surface area contributed by atoms with Gasteiger partial charge in [-0.25, -0.2) is 4.79 Å². The zero-order valence-corrected chi connectivity index (χ0v) is 10.8. The topological polar surface area (TPSA) is 41.1 Å². The molecule has 1 aromatic carbocycles. The van der Waals surface area contributed by atoms with Crippen molar-refractivity contribution in [2.75, 3.05) is 6.54 Å². The summed E-state index contributed by atoms with van der Waals surface area (Å²) in [7, 11) is 0. The molecule has 3 nitrogen and oxygen atoms in total. The van der Waals surface area contributed by atoms with Crippen molar-refractivity contribution in [3.05, 3.63) is 35.4 Å². The molecule has 1 rings (SSSR count). The third-order valence-electron chi connectivity index (χ3n) is 2.55. The van der Waals surface area contributed by atoms with Crippen LogP contribution in [0.15, 0.2) is 24.3 Å². The Balaban J connectivity index is 2.34. The molecule has 2 amide bonds. The number of urea groups is 1. The Morgan fingerprint density at radius 2 is 1.65 bits per heavy atom. The van der Waals surface area contributed by atoms with Gasteiger partial charge in [0, 0.05) is 13.1 Å². The first-order valence-electron chi connectivity index (χ1n) is 6.35. The summed E-state index contributed by atoms with van der Waals surface area (Å²) >= 11 is 0. The number of hydrogen-bond acceptors (Lipinski definition) is 1. The first-order chi connectivity index (χ1) is 8.26. The molecule has 0 saturated carbocycles. The van der Waals surface area contributed by atoms with Crippen molar-refractivity contribution in [2.24, 2.45) is 0 Å². The summed E-state index contributed by atoms with van der Waals surface area (Å²) in [6.07, 6.45) is 3.24. The second-order valence-corrected chi connectivity index (χ2v) is 4.18. The normalized spacial score (nSPS) is 10.0. The van der Waals surface area contributed by atoms with Crippen LogP contribution >= 0.6 is 0 Å². The van der Waals surface area contributed by atoms with Crippen molar-refractivity contribution in [3.63, 3.8) is 0 Å². The third-order valence-corrected chi connectivity index (χ3v) is 2.55. The van der Waals surface area contributed by atoms with Crippen molar-refractivity contribution in [2.45, 2.75) is 39.7 Å². The number of nitrogens with one attached hydrogen (secondary N) is 2. The lowest BCUT2D eigenvalue weighted by Crippen LogP contribution is -2.35. The molecule has 0 aromatic heterocycles. The molecule has 0 fully saturated rings. The van der Waals surface area contributed by atoms with Crippen LogP contribution in [0.2, 0.25) is 0 Å². The SMILES string of the molecule is CCCNC(=O)NCc1ccc(CCC)cc1. The van der Waals surface area contributed by atoms with E-state index < -0.39 is 0 Å². The van der Waals surface area contributed by atoms with Crippen LogP contribution in [0, 0.1) is 0 Å². The largest absolute Gasteiger partial charge is 0.338 e. The minimum absolute atomic E-state index is 0.0931. The van der Waals surface area contributed by atoms with Crippen LogP contribution < -0.4 is 10.6 Å². The predicted molar refractivity (Wildman–Crippen MR) is 71.0 cm³/mol. The Kier molecular flexibility index (Phi) is 6.15. The summed E-state index contributed by atoms with van der Waals surface area (Å²) in [5.74, 6) is 0. The summed E-state index contributed by atoms with van der Waals surface area (Å²) in [5, 5.41) is 5.62. The number of aryl methyl sites for hydroxylation is 1. The van der Waals surface area contributed by atoms with E-state index in [9.17, 15) is 4.79 Å². The zero-order valence-electron chi connectivity index (χ0n) is 10.8. The molecule has 0 atom stereocenters. The Hall–Kier alpha value is -1.51. The van der Waals surface area contributed by atoms with Gasteiger partial charge in [-0.15, -0.1) is 0 Å². The van der Waals surface area contributed by atoms with Crippen LogP contribution in [0.5, 0.6) is 0 Å². The van der Waals surface area contributed by atoms with Crippen molar-refractivity contribution in [3.8, 4) is 0 Å². The molecule has 0 spiro atoms. The summed E-state index contributed by atoms with van der Waals surface area (Å²) in [6, 6.07) is 8.31. The molecule has 0 radical (unpaired) electrons. The standard InChI is InChI=1S/C14H22N2O/c1-3-5-12-6-8-13(9-7-12)11-16-14(17)15-10-4-2/h6-9H,3-5,10-11H2,1-2H3,(H2,15,16,17). The molecule has 0 aliphatic rings. The zero-order chi connectivity index (χ0) is 12.5. The highest BCUT2D eigenvalue weighted by atomic mass is 16.2. The molecule has 1 aromatic rings. The van der Waals surface area contributed by atoms with Crippen molar-refractivity contribution >= 4 is 6.03 Å². The Morgan fingerprint density at radius 1 is 1.00 bits per heavy atom. The second-order valence-electron chi connectivity index (χ2n) is 4.18. The first-order valence-corrected chi connectivity index (χ1v) is 6.35. The highest BCUT2D eigenvalue weighted by molar-refractivity contribution is 5.73. The van der Waals surface area contributed by atoms with Crippen LogP contribution in [0.1, 0.15) is 37.8 Å². The quantitative estimate of drug-likeness (QED) is 0.780. The minimum atomic E-state index is -0.0931. The molecule has 2 N–H and O–H groups in total.